The van der Waals surface area contributed by atoms with Gasteiger partial charge in [-0.15, -0.1) is 0 Å². The molecule has 0 saturated carbocycles. The Balaban J connectivity index is 4.51. The fourth-order valence-electron chi connectivity index (χ4n) is 6.37. The number of allylic oxidation sites excluding steroid dienone is 12. The molecule has 0 rings (SSSR count). The van der Waals surface area contributed by atoms with Gasteiger partial charge in [-0.25, -0.2) is 0 Å². The van der Waals surface area contributed by atoms with Gasteiger partial charge in [0.2, 0.25) is 0 Å². The highest BCUT2D eigenvalue weighted by Gasteiger charge is 2.19. The molecule has 0 aromatic carbocycles. The van der Waals surface area contributed by atoms with Crippen LogP contribution in [0.15, 0.2) is 72.9 Å². The molecule has 0 spiro atoms. The number of unbranched alkanes of at least 4 members (excludes halogenated alkanes) is 19. The fourth-order valence-corrected chi connectivity index (χ4v) is 6.37. The number of rotatable bonds is 42. The predicted octanol–water partition coefficient (Wildman–Crippen LogP) is 15.5. The van der Waals surface area contributed by atoms with Crippen molar-refractivity contribution in [1.29, 1.82) is 0 Å². The number of hydrogen-bond acceptors (Lipinski definition) is 6. The lowest BCUT2D eigenvalue weighted by molar-refractivity contribution is -0.166. The number of ether oxygens (including phenoxy) is 3. The van der Waals surface area contributed by atoms with Crippen LogP contribution in [-0.2, 0) is 28.6 Å². The van der Waals surface area contributed by atoms with Crippen LogP contribution in [0.25, 0.3) is 0 Å². The summed E-state index contributed by atoms with van der Waals surface area (Å²) in [5.41, 5.74) is 0. The molecule has 0 heterocycles. The number of esters is 3. The zero-order chi connectivity index (χ0) is 42.3. The van der Waals surface area contributed by atoms with E-state index in [1.54, 1.807) is 0 Å². The summed E-state index contributed by atoms with van der Waals surface area (Å²) in [6, 6.07) is 0. The molecule has 0 N–H and O–H groups in total. The highest BCUT2D eigenvalue weighted by atomic mass is 16.6. The fraction of sp³-hybridized carbons (Fsp3) is 0.712. The van der Waals surface area contributed by atoms with Gasteiger partial charge in [-0.3, -0.25) is 14.4 Å². The number of hydrogen-bond donors (Lipinski definition) is 0. The normalized spacial score (nSPS) is 12.7. The highest BCUT2D eigenvalue weighted by molar-refractivity contribution is 5.71. The minimum Gasteiger partial charge on any atom is -0.462 e. The van der Waals surface area contributed by atoms with Crippen LogP contribution in [0.1, 0.15) is 220 Å². The van der Waals surface area contributed by atoms with E-state index in [-0.39, 0.29) is 37.5 Å². The lowest BCUT2D eigenvalue weighted by Crippen LogP contribution is -2.30. The molecule has 0 aliphatic heterocycles. The van der Waals surface area contributed by atoms with Crippen molar-refractivity contribution in [2.75, 3.05) is 13.2 Å². The maximum Gasteiger partial charge on any atom is 0.306 e. The molecule has 0 saturated heterocycles. The van der Waals surface area contributed by atoms with Gasteiger partial charge in [-0.2, -0.15) is 0 Å². The average Bonchev–Trinajstić information content (AvgIpc) is 3.22. The third-order valence-electron chi connectivity index (χ3n) is 9.96. The summed E-state index contributed by atoms with van der Waals surface area (Å²) in [6.07, 6.45) is 57.5. The third-order valence-corrected chi connectivity index (χ3v) is 9.96. The monoisotopic (exact) mass is 809 g/mol. The SMILES string of the molecule is CC/C=C\C/C=C\C/C=C\C/C=C\C/C=C\CCC(=O)OCC(COC(=O)CCCCCCCCCCCCC)OC(=O)CCCCC/C=C\CCCCCCCC. The molecular weight excluding hydrogens is 721 g/mol. The van der Waals surface area contributed by atoms with Crippen LogP contribution in [-0.4, -0.2) is 37.2 Å². The van der Waals surface area contributed by atoms with Gasteiger partial charge in [-0.1, -0.05) is 196 Å². The van der Waals surface area contributed by atoms with E-state index in [0.29, 0.717) is 19.3 Å². The van der Waals surface area contributed by atoms with E-state index in [1.807, 2.05) is 12.2 Å². The standard InChI is InChI=1S/C52H88O6/c1-4-7-10-13-16-19-22-24-25-26-28-30-33-36-39-42-45-51(54)57-48-49(47-56-50(53)44-41-38-35-32-29-21-18-15-12-9-6-3)58-52(55)46-43-40-37-34-31-27-23-20-17-14-11-8-5-2/h7,10,16,19,24-25,27-28,30-31,36,39,49H,4-6,8-9,11-15,17-18,20-23,26,29,32-35,37-38,40-48H2,1-3H3/b10-7-,19-16-,25-24-,30-28-,31-27-,39-36-. The van der Waals surface area contributed by atoms with Crippen LogP contribution in [0.3, 0.4) is 0 Å². The van der Waals surface area contributed by atoms with Gasteiger partial charge < -0.3 is 14.2 Å². The Morgan fingerprint density at radius 2 is 0.707 bits per heavy atom. The van der Waals surface area contributed by atoms with E-state index in [4.69, 9.17) is 14.2 Å². The van der Waals surface area contributed by atoms with E-state index in [0.717, 1.165) is 83.5 Å². The van der Waals surface area contributed by atoms with Gasteiger partial charge >= 0.3 is 17.9 Å². The predicted molar refractivity (Wildman–Crippen MR) is 247 cm³/mol. The number of carbonyl (C=O) groups is 3. The zero-order valence-corrected chi connectivity index (χ0v) is 37.8. The molecule has 0 aliphatic carbocycles. The Labute approximate surface area is 357 Å². The average molecular weight is 809 g/mol. The van der Waals surface area contributed by atoms with E-state index in [1.165, 1.54) is 89.9 Å². The van der Waals surface area contributed by atoms with Gasteiger partial charge in [0.25, 0.3) is 0 Å². The van der Waals surface area contributed by atoms with E-state index in [9.17, 15) is 14.4 Å². The first-order valence-electron chi connectivity index (χ1n) is 23.9. The summed E-state index contributed by atoms with van der Waals surface area (Å²) in [6.45, 7) is 6.42. The molecule has 0 aromatic heterocycles. The van der Waals surface area contributed by atoms with Gasteiger partial charge in [0.05, 0.1) is 0 Å². The summed E-state index contributed by atoms with van der Waals surface area (Å²) >= 11 is 0. The first-order chi connectivity index (χ1) is 28.5. The largest absolute Gasteiger partial charge is 0.462 e. The molecule has 0 amide bonds. The second-order valence-electron chi connectivity index (χ2n) is 15.6. The molecule has 1 atom stereocenters. The first-order valence-corrected chi connectivity index (χ1v) is 23.9. The van der Waals surface area contributed by atoms with Crippen LogP contribution >= 0.6 is 0 Å². The van der Waals surface area contributed by atoms with Crippen molar-refractivity contribution >= 4 is 17.9 Å². The van der Waals surface area contributed by atoms with Crippen LogP contribution in [0, 0.1) is 0 Å². The molecule has 332 valence electrons. The molecule has 0 fully saturated rings. The molecule has 0 aromatic rings. The molecule has 6 nitrogen and oxygen atoms in total. The molecule has 6 heteroatoms. The minimum absolute atomic E-state index is 0.103. The van der Waals surface area contributed by atoms with Crippen molar-refractivity contribution in [3.05, 3.63) is 72.9 Å². The summed E-state index contributed by atoms with van der Waals surface area (Å²) in [5.74, 6) is -1.01. The maximum absolute atomic E-state index is 12.7. The molecule has 58 heavy (non-hydrogen) atoms. The summed E-state index contributed by atoms with van der Waals surface area (Å²) in [7, 11) is 0. The van der Waals surface area contributed by atoms with Gasteiger partial charge in [-0.05, 0) is 77.0 Å². The van der Waals surface area contributed by atoms with Crippen molar-refractivity contribution in [2.24, 2.45) is 0 Å². The highest BCUT2D eigenvalue weighted by Crippen LogP contribution is 2.13. The Bertz CT molecular complexity index is 1110. The maximum atomic E-state index is 12.7. The van der Waals surface area contributed by atoms with Crippen LogP contribution in [0.5, 0.6) is 0 Å². The van der Waals surface area contributed by atoms with Crippen molar-refractivity contribution in [1.82, 2.24) is 0 Å². The van der Waals surface area contributed by atoms with Gasteiger partial charge in [0.1, 0.15) is 13.2 Å². The van der Waals surface area contributed by atoms with Crippen molar-refractivity contribution in [3.8, 4) is 0 Å². The molecule has 1 unspecified atom stereocenters. The summed E-state index contributed by atoms with van der Waals surface area (Å²) in [4.78, 5) is 37.8. The zero-order valence-electron chi connectivity index (χ0n) is 37.8. The Morgan fingerprint density at radius 3 is 1.17 bits per heavy atom. The van der Waals surface area contributed by atoms with Crippen LogP contribution in [0.4, 0.5) is 0 Å². The summed E-state index contributed by atoms with van der Waals surface area (Å²) in [5, 5.41) is 0. The molecule has 0 aliphatic rings. The van der Waals surface area contributed by atoms with Crippen LogP contribution < -0.4 is 0 Å². The molecular formula is C52H88O6. The lowest BCUT2D eigenvalue weighted by Gasteiger charge is -2.18. The molecule has 0 radical (unpaired) electrons. The smallest absolute Gasteiger partial charge is 0.306 e. The Morgan fingerprint density at radius 1 is 0.362 bits per heavy atom. The van der Waals surface area contributed by atoms with Crippen molar-refractivity contribution < 1.29 is 28.6 Å². The Kier molecular flexibility index (Phi) is 44.0. The second kappa shape index (κ2) is 46.5. The summed E-state index contributed by atoms with van der Waals surface area (Å²) < 4.78 is 16.6. The van der Waals surface area contributed by atoms with Gasteiger partial charge in [0.15, 0.2) is 6.10 Å². The lowest BCUT2D eigenvalue weighted by atomic mass is 10.1. The van der Waals surface area contributed by atoms with E-state index >= 15 is 0 Å². The second-order valence-corrected chi connectivity index (χ2v) is 15.6. The quantitative estimate of drug-likeness (QED) is 0.0264. The molecule has 0 bridgehead atoms. The van der Waals surface area contributed by atoms with Crippen LogP contribution in [0.2, 0.25) is 0 Å². The Hall–Kier alpha value is -3.15. The number of carbonyl (C=O) groups excluding carboxylic acids is 3. The minimum atomic E-state index is -0.809. The van der Waals surface area contributed by atoms with E-state index in [2.05, 4.69) is 81.5 Å². The topological polar surface area (TPSA) is 78.9 Å². The van der Waals surface area contributed by atoms with Crippen molar-refractivity contribution in [3.63, 3.8) is 0 Å². The van der Waals surface area contributed by atoms with Crippen molar-refractivity contribution in [2.45, 2.75) is 226 Å². The van der Waals surface area contributed by atoms with Gasteiger partial charge in [0, 0.05) is 19.3 Å². The third kappa shape index (κ3) is 44.0. The van der Waals surface area contributed by atoms with E-state index < -0.39 is 6.10 Å². The first kappa shape index (κ1) is 54.9.